The Morgan fingerprint density at radius 3 is 2.23 bits per heavy atom. The molecule has 0 heterocycles. The smallest absolute Gasteiger partial charge is 0.264 e. The lowest BCUT2D eigenvalue weighted by atomic mass is 10.0. The van der Waals surface area contributed by atoms with Crippen LogP contribution in [-0.2, 0) is 10.0 Å². The molecule has 30 heavy (non-hydrogen) atoms. The average Bonchev–Trinajstić information content (AvgIpc) is 3.53. The highest BCUT2D eigenvalue weighted by atomic mass is 35.5. The highest BCUT2D eigenvalue weighted by Crippen LogP contribution is 2.34. The number of hydrogen-bond acceptors (Lipinski definition) is 3. The minimum Gasteiger partial charge on any atom is -0.333 e. The molecule has 0 radical (unpaired) electrons. The number of sulfonamides is 1. The number of rotatable bonds is 7. The summed E-state index contributed by atoms with van der Waals surface area (Å²) < 4.78 is 40.5. The zero-order chi connectivity index (χ0) is 22.2. The van der Waals surface area contributed by atoms with Crippen molar-refractivity contribution in [1.29, 1.82) is 0 Å². The number of halogens is 2. The van der Waals surface area contributed by atoms with E-state index in [4.69, 9.17) is 11.6 Å². The maximum absolute atomic E-state index is 13.3. The summed E-state index contributed by atoms with van der Waals surface area (Å²) in [6, 6.07) is 9.46. The third-order valence-corrected chi connectivity index (χ3v) is 7.71. The monoisotopic (exact) mass is 452 g/mol. The van der Waals surface area contributed by atoms with Crippen LogP contribution in [0.5, 0.6) is 0 Å². The molecule has 0 saturated heterocycles. The average molecular weight is 453 g/mol. The number of amides is 1. The first-order valence-electron chi connectivity index (χ1n) is 9.90. The lowest BCUT2D eigenvalue weighted by Crippen LogP contribution is -2.43. The summed E-state index contributed by atoms with van der Waals surface area (Å²) in [5, 5.41) is 0.213. The number of anilines is 1. The van der Waals surface area contributed by atoms with Crippen molar-refractivity contribution in [2.75, 3.05) is 11.4 Å². The lowest BCUT2D eigenvalue weighted by Gasteiger charge is -2.32. The number of benzene rings is 2. The van der Waals surface area contributed by atoms with Gasteiger partial charge in [0, 0.05) is 19.1 Å². The second-order valence-electron chi connectivity index (χ2n) is 8.02. The normalized spacial score (nSPS) is 15.2. The SMILES string of the molecule is CC(C)C(C)N(C(=O)c1cc(S(=O)(=O)N(C)c2ccc(F)cc2)ccc1Cl)C1CC1. The van der Waals surface area contributed by atoms with Crippen molar-refractivity contribution in [1.82, 2.24) is 4.90 Å². The van der Waals surface area contributed by atoms with Gasteiger partial charge in [0.2, 0.25) is 0 Å². The topological polar surface area (TPSA) is 57.7 Å². The molecule has 1 saturated carbocycles. The van der Waals surface area contributed by atoms with E-state index in [0.717, 1.165) is 17.1 Å². The van der Waals surface area contributed by atoms with Crippen LogP contribution in [-0.4, -0.2) is 38.4 Å². The van der Waals surface area contributed by atoms with Crippen LogP contribution >= 0.6 is 11.6 Å². The molecule has 162 valence electrons. The molecular weight excluding hydrogens is 427 g/mol. The van der Waals surface area contributed by atoms with Crippen LogP contribution in [0.2, 0.25) is 5.02 Å². The summed E-state index contributed by atoms with van der Waals surface area (Å²) in [5.74, 6) is -0.460. The largest absolute Gasteiger partial charge is 0.333 e. The van der Waals surface area contributed by atoms with E-state index in [-0.39, 0.29) is 39.4 Å². The minimum atomic E-state index is -3.96. The molecule has 1 unspecified atom stereocenters. The molecule has 1 fully saturated rings. The molecule has 1 amide bonds. The summed E-state index contributed by atoms with van der Waals surface area (Å²) in [4.78, 5) is 15.1. The molecule has 0 aliphatic heterocycles. The van der Waals surface area contributed by atoms with Gasteiger partial charge in [0.25, 0.3) is 15.9 Å². The second kappa shape index (κ2) is 8.55. The molecule has 0 aromatic heterocycles. The van der Waals surface area contributed by atoms with Crippen LogP contribution < -0.4 is 4.31 Å². The van der Waals surface area contributed by atoms with E-state index in [1.54, 1.807) is 0 Å². The minimum absolute atomic E-state index is 0.00298. The van der Waals surface area contributed by atoms with E-state index in [0.29, 0.717) is 5.69 Å². The van der Waals surface area contributed by atoms with E-state index >= 15 is 0 Å². The Balaban J connectivity index is 1.98. The van der Waals surface area contributed by atoms with E-state index in [1.807, 2.05) is 25.7 Å². The predicted octanol–water partition coefficient (Wildman–Crippen LogP) is 4.95. The fraction of sp³-hybridized carbons (Fsp3) is 0.409. The molecule has 0 spiro atoms. The summed E-state index contributed by atoms with van der Waals surface area (Å²) in [6.45, 7) is 6.10. The first-order chi connectivity index (χ1) is 14.0. The zero-order valence-corrected chi connectivity index (χ0v) is 19.0. The zero-order valence-electron chi connectivity index (χ0n) is 17.5. The van der Waals surface area contributed by atoms with Crippen molar-refractivity contribution in [3.05, 3.63) is 58.9 Å². The Bertz CT molecular complexity index is 1040. The highest BCUT2D eigenvalue weighted by Gasteiger charge is 2.38. The van der Waals surface area contributed by atoms with Crippen LogP contribution in [0.1, 0.15) is 44.0 Å². The molecule has 0 N–H and O–H groups in total. The standard InChI is InChI=1S/C22H26ClFN2O3S/c1-14(2)15(3)26(18-9-10-18)22(27)20-13-19(11-12-21(20)23)30(28,29)25(4)17-7-5-16(24)6-8-17/h5-8,11-15,18H,9-10H2,1-4H3. The van der Waals surface area contributed by atoms with Crippen LogP contribution in [0.15, 0.2) is 47.4 Å². The third-order valence-electron chi connectivity index (χ3n) is 5.60. The van der Waals surface area contributed by atoms with Gasteiger partial charge >= 0.3 is 0 Å². The maximum atomic E-state index is 13.3. The maximum Gasteiger partial charge on any atom is 0.264 e. The van der Waals surface area contributed by atoms with Gasteiger partial charge in [-0.1, -0.05) is 25.4 Å². The van der Waals surface area contributed by atoms with Gasteiger partial charge in [0.05, 0.1) is 21.2 Å². The van der Waals surface area contributed by atoms with Gasteiger partial charge in [-0.25, -0.2) is 12.8 Å². The van der Waals surface area contributed by atoms with Crippen LogP contribution in [0.3, 0.4) is 0 Å². The molecule has 2 aromatic rings. The lowest BCUT2D eigenvalue weighted by molar-refractivity contribution is 0.0628. The van der Waals surface area contributed by atoms with Gasteiger partial charge in [-0.2, -0.15) is 0 Å². The van der Waals surface area contributed by atoms with Crippen LogP contribution in [0.4, 0.5) is 10.1 Å². The van der Waals surface area contributed by atoms with Gasteiger partial charge in [-0.15, -0.1) is 0 Å². The summed E-state index contributed by atoms with van der Waals surface area (Å²) in [7, 11) is -2.58. The molecule has 5 nitrogen and oxygen atoms in total. The summed E-state index contributed by atoms with van der Waals surface area (Å²) in [5.41, 5.74) is 0.483. The summed E-state index contributed by atoms with van der Waals surface area (Å²) in [6.07, 6.45) is 1.87. The Hall–Kier alpha value is -2.12. The molecule has 3 rings (SSSR count). The van der Waals surface area contributed by atoms with Gasteiger partial charge in [0.15, 0.2) is 0 Å². The molecule has 8 heteroatoms. The van der Waals surface area contributed by atoms with Crippen molar-refractivity contribution in [2.45, 2.75) is 50.6 Å². The van der Waals surface area contributed by atoms with E-state index in [1.165, 1.54) is 49.5 Å². The molecule has 0 bridgehead atoms. The molecule has 1 aliphatic rings. The number of carbonyl (C=O) groups excluding carboxylic acids is 1. The number of carbonyl (C=O) groups is 1. The van der Waals surface area contributed by atoms with Crippen molar-refractivity contribution in [2.24, 2.45) is 5.92 Å². The first kappa shape index (κ1) is 22.6. The van der Waals surface area contributed by atoms with Gasteiger partial charge < -0.3 is 4.90 Å². The Morgan fingerprint density at radius 2 is 1.70 bits per heavy atom. The number of hydrogen-bond donors (Lipinski definition) is 0. The summed E-state index contributed by atoms with van der Waals surface area (Å²) >= 11 is 6.31. The van der Waals surface area contributed by atoms with Crippen molar-refractivity contribution < 1.29 is 17.6 Å². The van der Waals surface area contributed by atoms with Gasteiger partial charge in [-0.3, -0.25) is 9.10 Å². The van der Waals surface area contributed by atoms with Crippen molar-refractivity contribution in [3.63, 3.8) is 0 Å². The fourth-order valence-corrected chi connectivity index (χ4v) is 4.69. The molecule has 1 aliphatic carbocycles. The van der Waals surface area contributed by atoms with Crippen molar-refractivity contribution in [3.8, 4) is 0 Å². The Morgan fingerprint density at radius 1 is 1.10 bits per heavy atom. The van der Waals surface area contributed by atoms with Crippen LogP contribution in [0.25, 0.3) is 0 Å². The first-order valence-corrected chi connectivity index (χ1v) is 11.7. The predicted molar refractivity (Wildman–Crippen MR) is 117 cm³/mol. The van der Waals surface area contributed by atoms with E-state index in [9.17, 15) is 17.6 Å². The van der Waals surface area contributed by atoms with Gasteiger partial charge in [0.1, 0.15) is 5.82 Å². The fourth-order valence-electron chi connectivity index (χ4n) is 3.27. The Kier molecular flexibility index (Phi) is 6.43. The van der Waals surface area contributed by atoms with Crippen LogP contribution in [0, 0.1) is 11.7 Å². The van der Waals surface area contributed by atoms with Gasteiger partial charge in [-0.05, 0) is 68.1 Å². The molecule has 1 atom stereocenters. The Labute approximate surface area is 182 Å². The molecule has 2 aromatic carbocycles. The van der Waals surface area contributed by atoms with E-state index < -0.39 is 15.8 Å². The second-order valence-corrected chi connectivity index (χ2v) is 10.4. The third kappa shape index (κ3) is 4.47. The van der Waals surface area contributed by atoms with E-state index in [2.05, 4.69) is 0 Å². The van der Waals surface area contributed by atoms with Crippen molar-refractivity contribution >= 4 is 33.2 Å². The molecular formula is C22H26ClFN2O3S. The highest BCUT2D eigenvalue weighted by molar-refractivity contribution is 7.92. The quantitative estimate of drug-likeness (QED) is 0.597. The number of nitrogens with zero attached hydrogens (tertiary/aromatic N) is 2.